The Balaban J connectivity index is 1.79. The third-order valence-corrected chi connectivity index (χ3v) is 5.09. The Kier molecular flexibility index (Phi) is 4.19. The van der Waals surface area contributed by atoms with Crippen molar-refractivity contribution >= 4 is 17.4 Å². The molecule has 1 amide bonds. The van der Waals surface area contributed by atoms with Crippen molar-refractivity contribution in [3.63, 3.8) is 0 Å². The van der Waals surface area contributed by atoms with Crippen molar-refractivity contribution in [3.05, 3.63) is 29.3 Å². The number of hydrogen-bond donors (Lipinski definition) is 1. The Morgan fingerprint density at radius 3 is 2.59 bits per heavy atom. The minimum absolute atomic E-state index is 0.0278. The summed E-state index contributed by atoms with van der Waals surface area (Å²) in [5.74, 6) is 0.703. The molecule has 0 bridgehead atoms. The van der Waals surface area contributed by atoms with Crippen LogP contribution in [-0.2, 0) is 16.0 Å². The molecular formula is C18H24N2O2. The third kappa shape index (κ3) is 2.87. The summed E-state index contributed by atoms with van der Waals surface area (Å²) in [7, 11) is 0. The van der Waals surface area contributed by atoms with Gasteiger partial charge < -0.3 is 10.2 Å². The smallest absolute Gasteiger partial charge is 0.219 e. The molecule has 118 valence electrons. The van der Waals surface area contributed by atoms with E-state index < -0.39 is 0 Å². The summed E-state index contributed by atoms with van der Waals surface area (Å²) < 4.78 is 0. The van der Waals surface area contributed by atoms with Crippen LogP contribution in [0.1, 0.15) is 43.7 Å². The zero-order valence-corrected chi connectivity index (χ0v) is 13.4. The number of amides is 1. The van der Waals surface area contributed by atoms with Crippen LogP contribution in [-0.4, -0.2) is 36.2 Å². The first-order valence-electron chi connectivity index (χ1n) is 8.19. The number of anilines is 1. The van der Waals surface area contributed by atoms with Crippen LogP contribution in [0.4, 0.5) is 5.69 Å². The molecule has 2 aliphatic rings. The van der Waals surface area contributed by atoms with Gasteiger partial charge in [-0.25, -0.2) is 0 Å². The molecule has 3 rings (SSSR count). The number of likely N-dealkylation sites (tertiary alicyclic amines) is 1. The fraction of sp³-hybridized carbons (Fsp3) is 0.556. The van der Waals surface area contributed by atoms with E-state index in [-0.39, 0.29) is 17.6 Å². The number of carbonyl (C=O) groups is 2. The second-order valence-electron chi connectivity index (χ2n) is 6.53. The number of piperidine rings is 1. The molecule has 1 N–H and O–H groups in total. The summed E-state index contributed by atoms with van der Waals surface area (Å²) in [6.45, 7) is 5.86. The molecule has 0 aliphatic carbocycles. The van der Waals surface area contributed by atoms with Gasteiger partial charge in [0.1, 0.15) is 5.78 Å². The quantitative estimate of drug-likeness (QED) is 0.933. The van der Waals surface area contributed by atoms with Crippen LogP contribution in [0, 0.1) is 5.92 Å². The van der Waals surface area contributed by atoms with E-state index in [1.807, 2.05) is 4.90 Å². The first-order valence-corrected chi connectivity index (χ1v) is 8.19. The molecule has 1 aromatic carbocycles. The van der Waals surface area contributed by atoms with Crippen molar-refractivity contribution in [3.8, 4) is 0 Å². The van der Waals surface area contributed by atoms with Gasteiger partial charge in [0.05, 0.1) is 0 Å². The average molecular weight is 300 g/mol. The molecular weight excluding hydrogens is 276 g/mol. The Morgan fingerprint density at radius 1 is 1.23 bits per heavy atom. The topological polar surface area (TPSA) is 49.4 Å². The largest absolute Gasteiger partial charge is 0.384 e. The first kappa shape index (κ1) is 15.1. The minimum Gasteiger partial charge on any atom is -0.384 e. The van der Waals surface area contributed by atoms with E-state index in [9.17, 15) is 9.59 Å². The number of Topliss-reactive ketones (excluding diaryl/α,β-unsaturated/α-hetero) is 1. The Bertz CT molecular complexity index is 589. The molecule has 0 aromatic heterocycles. The van der Waals surface area contributed by atoms with Gasteiger partial charge in [0.25, 0.3) is 0 Å². The summed E-state index contributed by atoms with van der Waals surface area (Å²) >= 11 is 0. The molecule has 1 unspecified atom stereocenters. The lowest BCUT2D eigenvalue weighted by molar-refractivity contribution is -0.130. The highest BCUT2D eigenvalue weighted by Gasteiger charge is 2.31. The van der Waals surface area contributed by atoms with Gasteiger partial charge in [-0.3, -0.25) is 9.59 Å². The molecule has 1 fully saturated rings. The number of fused-ring (bicyclic) bond motifs is 1. The van der Waals surface area contributed by atoms with E-state index in [4.69, 9.17) is 0 Å². The van der Waals surface area contributed by atoms with Crippen LogP contribution < -0.4 is 5.32 Å². The number of hydrogen-bond acceptors (Lipinski definition) is 3. The van der Waals surface area contributed by atoms with Gasteiger partial charge in [0.2, 0.25) is 5.91 Å². The molecule has 4 nitrogen and oxygen atoms in total. The first-order chi connectivity index (χ1) is 10.6. The van der Waals surface area contributed by atoms with Crippen LogP contribution in [0.2, 0.25) is 0 Å². The maximum atomic E-state index is 12.3. The number of rotatable bonds is 3. The zero-order valence-electron chi connectivity index (χ0n) is 13.4. The highest BCUT2D eigenvalue weighted by atomic mass is 16.2. The minimum atomic E-state index is -0.0278. The lowest BCUT2D eigenvalue weighted by Crippen LogP contribution is -2.39. The van der Waals surface area contributed by atoms with Crippen LogP contribution in [0.15, 0.2) is 18.2 Å². The fourth-order valence-corrected chi connectivity index (χ4v) is 3.90. The molecule has 1 aromatic rings. The molecule has 2 heterocycles. The van der Waals surface area contributed by atoms with Gasteiger partial charge in [-0.2, -0.15) is 0 Å². The van der Waals surface area contributed by atoms with Crippen LogP contribution in [0.3, 0.4) is 0 Å². The highest BCUT2D eigenvalue weighted by molar-refractivity contribution is 5.84. The summed E-state index contributed by atoms with van der Waals surface area (Å²) in [5, 5.41) is 3.36. The summed E-state index contributed by atoms with van der Waals surface area (Å²) in [5.41, 5.74) is 3.68. The van der Waals surface area contributed by atoms with E-state index in [2.05, 4.69) is 23.5 Å². The standard InChI is InChI=1S/C18H24N2O2/c1-12(21)18(14-6-9-20(10-7-14)13(2)22)16-3-4-17-15(11-16)5-8-19-17/h3-4,11,14,18-19H,5-10H2,1-2H3. The number of ketones is 1. The van der Waals surface area contributed by atoms with Crippen molar-refractivity contribution in [2.45, 2.75) is 39.0 Å². The maximum absolute atomic E-state index is 12.3. The monoisotopic (exact) mass is 300 g/mol. The third-order valence-electron chi connectivity index (χ3n) is 5.09. The Morgan fingerprint density at radius 2 is 1.95 bits per heavy atom. The normalized spacial score (nSPS) is 19.5. The van der Waals surface area contributed by atoms with Gasteiger partial charge in [-0.15, -0.1) is 0 Å². The summed E-state index contributed by atoms with van der Waals surface area (Å²) in [6.07, 6.45) is 2.87. The molecule has 1 saturated heterocycles. The van der Waals surface area contributed by atoms with Crippen molar-refractivity contribution in [2.75, 3.05) is 25.0 Å². The van der Waals surface area contributed by atoms with Crippen molar-refractivity contribution in [2.24, 2.45) is 5.92 Å². The molecule has 2 aliphatic heterocycles. The lowest BCUT2D eigenvalue weighted by Gasteiger charge is -2.35. The van der Waals surface area contributed by atoms with Gasteiger partial charge in [-0.05, 0) is 49.3 Å². The predicted molar refractivity (Wildman–Crippen MR) is 87.0 cm³/mol. The summed E-state index contributed by atoms with van der Waals surface area (Å²) in [4.78, 5) is 25.6. The zero-order chi connectivity index (χ0) is 15.7. The number of nitrogens with one attached hydrogen (secondary N) is 1. The number of nitrogens with zero attached hydrogens (tertiary/aromatic N) is 1. The summed E-state index contributed by atoms with van der Waals surface area (Å²) in [6, 6.07) is 6.41. The fourth-order valence-electron chi connectivity index (χ4n) is 3.90. The molecule has 4 heteroatoms. The lowest BCUT2D eigenvalue weighted by atomic mass is 9.77. The SMILES string of the molecule is CC(=O)C(c1ccc2c(c1)CCN2)C1CCN(C(C)=O)CC1. The second kappa shape index (κ2) is 6.11. The van der Waals surface area contributed by atoms with Crippen molar-refractivity contribution in [1.29, 1.82) is 0 Å². The van der Waals surface area contributed by atoms with Crippen molar-refractivity contribution < 1.29 is 9.59 Å². The molecule has 1 atom stereocenters. The molecule has 0 radical (unpaired) electrons. The van der Waals surface area contributed by atoms with Crippen LogP contribution in [0.25, 0.3) is 0 Å². The predicted octanol–water partition coefficient (Wildman–Crippen LogP) is 2.59. The van der Waals surface area contributed by atoms with Gasteiger partial charge in [0.15, 0.2) is 0 Å². The average Bonchev–Trinajstić information content (AvgIpc) is 2.95. The van der Waals surface area contributed by atoms with Gasteiger partial charge in [-0.1, -0.05) is 12.1 Å². The Labute approximate surface area is 131 Å². The number of carbonyl (C=O) groups excluding carboxylic acids is 2. The van der Waals surface area contributed by atoms with Crippen LogP contribution in [0.5, 0.6) is 0 Å². The van der Waals surface area contributed by atoms with E-state index in [1.165, 1.54) is 11.3 Å². The van der Waals surface area contributed by atoms with E-state index in [1.54, 1.807) is 13.8 Å². The molecule has 0 spiro atoms. The van der Waals surface area contributed by atoms with E-state index in [0.29, 0.717) is 5.92 Å². The molecule has 22 heavy (non-hydrogen) atoms. The van der Waals surface area contributed by atoms with Gasteiger partial charge >= 0.3 is 0 Å². The molecule has 0 saturated carbocycles. The Hall–Kier alpha value is -1.84. The van der Waals surface area contributed by atoms with Crippen molar-refractivity contribution in [1.82, 2.24) is 4.90 Å². The van der Waals surface area contributed by atoms with E-state index in [0.717, 1.165) is 44.5 Å². The second-order valence-corrected chi connectivity index (χ2v) is 6.53. The maximum Gasteiger partial charge on any atom is 0.219 e. The highest BCUT2D eigenvalue weighted by Crippen LogP contribution is 2.36. The number of benzene rings is 1. The van der Waals surface area contributed by atoms with Gasteiger partial charge in [0, 0.05) is 38.2 Å². The van der Waals surface area contributed by atoms with Crippen LogP contribution >= 0.6 is 0 Å². The van der Waals surface area contributed by atoms with E-state index >= 15 is 0 Å².